The summed E-state index contributed by atoms with van der Waals surface area (Å²) in [4.78, 5) is 22.5. The second kappa shape index (κ2) is 4.68. The molecular formula is C15H11O6+. The molecule has 1 atom stereocenters. The number of benzene rings is 1. The van der Waals surface area contributed by atoms with Crippen molar-refractivity contribution in [3.05, 3.63) is 41.5 Å². The van der Waals surface area contributed by atoms with E-state index in [0.29, 0.717) is 11.1 Å². The minimum absolute atomic E-state index is 0.0735. The first-order valence-electron chi connectivity index (χ1n) is 6.22. The summed E-state index contributed by atoms with van der Waals surface area (Å²) in [6.07, 6.45) is 2.59. The lowest BCUT2D eigenvalue weighted by Crippen LogP contribution is -2.30. The van der Waals surface area contributed by atoms with Crippen molar-refractivity contribution in [1.29, 1.82) is 0 Å². The molecule has 1 aromatic rings. The third-order valence-corrected chi connectivity index (χ3v) is 3.32. The van der Waals surface area contributed by atoms with Crippen LogP contribution in [0.5, 0.6) is 17.2 Å². The molecule has 6 nitrogen and oxygen atoms in total. The Kier molecular flexibility index (Phi) is 2.95. The maximum Gasteiger partial charge on any atom is 0.365 e. The van der Waals surface area contributed by atoms with Gasteiger partial charge in [0.25, 0.3) is 0 Å². The van der Waals surface area contributed by atoms with E-state index in [9.17, 15) is 24.9 Å². The molecule has 3 rings (SSSR count). The van der Waals surface area contributed by atoms with Crippen LogP contribution in [0.25, 0.3) is 0 Å². The molecule has 1 aromatic carbocycles. The lowest BCUT2D eigenvalue weighted by molar-refractivity contribution is -0.374. The molecule has 1 heterocycles. The number of hydrogen-bond donors (Lipinski definition) is 3. The van der Waals surface area contributed by atoms with Crippen LogP contribution in [-0.4, -0.2) is 38.8 Å². The van der Waals surface area contributed by atoms with Crippen LogP contribution in [0, 0.1) is 0 Å². The zero-order valence-corrected chi connectivity index (χ0v) is 10.7. The zero-order valence-electron chi connectivity index (χ0n) is 10.7. The standard InChI is InChI=1S/C15H10O6/c16-8-4-11(18)9-6-13(20)15(21-14(9)5-8)7-1-2-10(17)12(19)3-7/h1-5,13,20H,6H2,(H-,16,18)/p+1/t13-/m1/s1. The zero-order chi connectivity index (χ0) is 15.1. The number of carbonyl (C=O) groups is 2. The third-order valence-electron chi connectivity index (χ3n) is 3.32. The Hall–Kier alpha value is -2.73. The van der Waals surface area contributed by atoms with Crippen molar-refractivity contribution in [3.63, 3.8) is 0 Å². The first-order valence-corrected chi connectivity index (χ1v) is 6.22. The van der Waals surface area contributed by atoms with Crippen LogP contribution in [0.3, 0.4) is 0 Å². The van der Waals surface area contributed by atoms with Gasteiger partial charge in [-0.3, -0.25) is 9.59 Å². The number of aliphatic hydroxyl groups is 1. The summed E-state index contributed by atoms with van der Waals surface area (Å²) in [7, 11) is 0. The van der Waals surface area contributed by atoms with E-state index in [1.807, 2.05) is 0 Å². The van der Waals surface area contributed by atoms with Gasteiger partial charge in [0, 0.05) is 18.6 Å². The molecule has 0 unspecified atom stereocenters. The lowest BCUT2D eigenvalue weighted by atomic mass is 9.93. The lowest BCUT2D eigenvalue weighted by Gasteiger charge is -2.13. The third kappa shape index (κ3) is 2.25. The van der Waals surface area contributed by atoms with Crippen LogP contribution in [0.15, 0.2) is 35.9 Å². The largest absolute Gasteiger partial charge is 0.507 e. The van der Waals surface area contributed by atoms with Crippen LogP contribution in [0.4, 0.5) is 0 Å². The molecule has 0 spiro atoms. The van der Waals surface area contributed by atoms with E-state index in [1.165, 1.54) is 12.1 Å². The summed E-state index contributed by atoms with van der Waals surface area (Å²) in [5, 5.41) is 29.3. The summed E-state index contributed by atoms with van der Waals surface area (Å²) >= 11 is 0. The SMILES string of the molecule is O=C1C=CC(C2=[O+]c3cc(O)cc(O)c3C[C@H]2O)=CC1=O. The molecule has 0 radical (unpaired) electrons. The van der Waals surface area contributed by atoms with Gasteiger partial charge in [-0.05, 0) is 12.2 Å². The van der Waals surface area contributed by atoms with Crippen LogP contribution in [0.1, 0.15) is 5.56 Å². The minimum atomic E-state index is -1.06. The number of phenolic OH excluding ortho intramolecular Hbond substituents is 2. The smallest absolute Gasteiger partial charge is 0.365 e. The van der Waals surface area contributed by atoms with E-state index < -0.39 is 17.7 Å². The van der Waals surface area contributed by atoms with Crippen molar-refractivity contribution >= 4 is 17.3 Å². The van der Waals surface area contributed by atoms with Crippen LogP contribution in [0.2, 0.25) is 0 Å². The maximum absolute atomic E-state index is 11.4. The van der Waals surface area contributed by atoms with Crippen molar-refractivity contribution in [3.8, 4) is 17.2 Å². The number of carbonyl (C=O) groups excluding carboxylic acids is 3. The molecule has 1 aliphatic heterocycles. The first-order chi connectivity index (χ1) is 9.95. The van der Waals surface area contributed by atoms with E-state index in [4.69, 9.17) is 4.42 Å². The molecule has 0 bridgehead atoms. The maximum atomic E-state index is 11.4. The average Bonchev–Trinajstić information content (AvgIpc) is 2.42. The van der Waals surface area contributed by atoms with Gasteiger partial charge in [0.05, 0.1) is 11.6 Å². The summed E-state index contributed by atoms with van der Waals surface area (Å²) in [5.74, 6) is -1.39. The van der Waals surface area contributed by atoms with Gasteiger partial charge in [-0.25, -0.2) is 4.42 Å². The molecule has 3 N–H and O–H groups in total. The molecule has 21 heavy (non-hydrogen) atoms. The second-order valence-corrected chi connectivity index (χ2v) is 4.79. The Bertz CT molecular complexity index is 754. The molecule has 0 fully saturated rings. The predicted molar refractivity (Wildman–Crippen MR) is 71.2 cm³/mol. The van der Waals surface area contributed by atoms with Gasteiger partial charge >= 0.3 is 11.5 Å². The van der Waals surface area contributed by atoms with E-state index in [0.717, 1.165) is 18.2 Å². The highest BCUT2D eigenvalue weighted by atomic mass is 16.4. The number of fused-ring (bicyclic) bond motifs is 1. The normalized spacial score (nSPS) is 20.9. The molecular weight excluding hydrogens is 276 g/mol. The van der Waals surface area contributed by atoms with Crippen LogP contribution >= 0.6 is 0 Å². The Balaban J connectivity index is 2.09. The van der Waals surface area contributed by atoms with E-state index in [2.05, 4.69) is 0 Å². The topological polar surface area (TPSA) is 106 Å². The number of aliphatic hydroxyl groups excluding tert-OH is 1. The molecule has 0 saturated carbocycles. The van der Waals surface area contributed by atoms with Crippen molar-refractivity contribution in [1.82, 2.24) is 0 Å². The van der Waals surface area contributed by atoms with Gasteiger partial charge in [-0.15, -0.1) is 0 Å². The average molecular weight is 287 g/mol. The van der Waals surface area contributed by atoms with Crippen LogP contribution in [-0.2, 0) is 20.4 Å². The molecule has 106 valence electrons. The van der Waals surface area contributed by atoms with E-state index in [1.54, 1.807) is 0 Å². The molecule has 6 heteroatoms. The van der Waals surface area contributed by atoms with Crippen molar-refractivity contribution in [2.24, 2.45) is 0 Å². The molecule has 1 aliphatic carbocycles. The van der Waals surface area contributed by atoms with Gasteiger partial charge < -0.3 is 15.3 Å². The molecule has 0 aromatic heterocycles. The van der Waals surface area contributed by atoms with Crippen molar-refractivity contribution < 1.29 is 29.3 Å². The van der Waals surface area contributed by atoms with Crippen LogP contribution < -0.4 is 0 Å². The number of hydrogen-bond acceptors (Lipinski definition) is 5. The monoisotopic (exact) mass is 287 g/mol. The van der Waals surface area contributed by atoms with Crippen molar-refractivity contribution in [2.75, 3.05) is 0 Å². The summed E-state index contributed by atoms with van der Waals surface area (Å²) in [5.41, 5.74) is 0.660. The second-order valence-electron chi connectivity index (χ2n) is 4.79. The predicted octanol–water partition coefficient (Wildman–Crippen LogP) is 0.467. The summed E-state index contributed by atoms with van der Waals surface area (Å²) in [6.45, 7) is 0. The van der Waals surface area contributed by atoms with Crippen molar-refractivity contribution in [2.45, 2.75) is 12.5 Å². The number of ketones is 3. The van der Waals surface area contributed by atoms with Gasteiger partial charge in [0.2, 0.25) is 11.6 Å². The fourth-order valence-corrected chi connectivity index (χ4v) is 2.30. The highest BCUT2D eigenvalue weighted by Gasteiger charge is 2.38. The van der Waals surface area contributed by atoms with Gasteiger partial charge in [0.15, 0.2) is 6.10 Å². The Labute approximate surface area is 119 Å². The first kappa shape index (κ1) is 13.3. The Morgan fingerprint density at radius 3 is 2.57 bits per heavy atom. The highest BCUT2D eigenvalue weighted by Crippen LogP contribution is 2.37. The molecule has 0 amide bonds. The van der Waals surface area contributed by atoms with Gasteiger partial charge in [-0.1, -0.05) is 0 Å². The van der Waals surface area contributed by atoms with E-state index in [-0.39, 0.29) is 29.5 Å². The number of phenols is 2. The quantitative estimate of drug-likeness (QED) is 0.395. The van der Waals surface area contributed by atoms with E-state index >= 15 is 0 Å². The Morgan fingerprint density at radius 1 is 1.10 bits per heavy atom. The molecule has 2 aliphatic rings. The highest BCUT2D eigenvalue weighted by molar-refractivity contribution is 6.47. The van der Waals surface area contributed by atoms with Gasteiger partial charge in [0.1, 0.15) is 17.1 Å². The number of rotatable bonds is 1. The fourth-order valence-electron chi connectivity index (χ4n) is 2.30. The molecule has 0 saturated heterocycles. The fraction of sp³-hybridized carbons (Fsp3) is 0.133. The van der Waals surface area contributed by atoms with Gasteiger partial charge in [-0.2, -0.15) is 0 Å². The number of allylic oxidation sites excluding steroid dienone is 3. The summed E-state index contributed by atoms with van der Waals surface area (Å²) < 4.78 is 5.49. The minimum Gasteiger partial charge on any atom is -0.507 e. The number of aromatic hydroxyl groups is 2. The Morgan fingerprint density at radius 2 is 1.86 bits per heavy atom. The summed E-state index contributed by atoms with van der Waals surface area (Å²) in [6, 6.07) is 2.46.